The molecule has 0 fully saturated rings. The molecule has 1 aromatic rings. The van der Waals surface area contributed by atoms with Crippen LogP contribution in [0.25, 0.3) is 0 Å². The van der Waals surface area contributed by atoms with Crippen LogP contribution in [0.3, 0.4) is 0 Å². The normalized spacial score (nSPS) is 9.94. The molecule has 0 aliphatic rings. The fourth-order valence-corrected chi connectivity index (χ4v) is 1.56. The van der Waals surface area contributed by atoms with Gasteiger partial charge in [0.1, 0.15) is 5.82 Å². The molecule has 1 rings (SSSR count). The van der Waals surface area contributed by atoms with E-state index in [9.17, 15) is 4.79 Å². The van der Waals surface area contributed by atoms with Gasteiger partial charge in [0.15, 0.2) is 0 Å². The molecule has 7 heteroatoms. The van der Waals surface area contributed by atoms with E-state index in [2.05, 4.69) is 48.8 Å². The zero-order valence-electron chi connectivity index (χ0n) is 10.6. The minimum Gasteiger partial charge on any atom is -0.367 e. The van der Waals surface area contributed by atoms with Crippen LogP contribution in [0.2, 0.25) is 0 Å². The second-order valence-electron chi connectivity index (χ2n) is 3.73. The summed E-state index contributed by atoms with van der Waals surface area (Å²) in [6.45, 7) is 5.59. The summed E-state index contributed by atoms with van der Waals surface area (Å²) in [5.41, 5.74) is 0. The SMILES string of the molecule is CCCNc1ncc(Br)c(NCCNC(C)=O)n1. The third-order valence-electron chi connectivity index (χ3n) is 2.07. The number of hydrogen-bond donors (Lipinski definition) is 3. The van der Waals surface area contributed by atoms with E-state index in [1.165, 1.54) is 6.92 Å². The maximum Gasteiger partial charge on any atom is 0.224 e. The molecule has 0 radical (unpaired) electrons. The molecular weight excluding hydrogens is 298 g/mol. The van der Waals surface area contributed by atoms with Crippen molar-refractivity contribution in [2.45, 2.75) is 20.3 Å². The predicted octanol–water partition coefficient (Wildman–Crippen LogP) is 1.61. The van der Waals surface area contributed by atoms with Gasteiger partial charge in [-0.2, -0.15) is 4.98 Å². The topological polar surface area (TPSA) is 78.9 Å². The Bertz CT molecular complexity index is 399. The van der Waals surface area contributed by atoms with E-state index >= 15 is 0 Å². The van der Waals surface area contributed by atoms with Crippen molar-refractivity contribution in [2.75, 3.05) is 30.3 Å². The highest BCUT2D eigenvalue weighted by Gasteiger charge is 2.04. The smallest absolute Gasteiger partial charge is 0.224 e. The van der Waals surface area contributed by atoms with Crippen molar-refractivity contribution in [3.05, 3.63) is 10.7 Å². The van der Waals surface area contributed by atoms with E-state index in [-0.39, 0.29) is 5.91 Å². The van der Waals surface area contributed by atoms with Gasteiger partial charge in [0.25, 0.3) is 0 Å². The average molecular weight is 316 g/mol. The highest BCUT2D eigenvalue weighted by Crippen LogP contribution is 2.19. The van der Waals surface area contributed by atoms with Crippen LogP contribution in [0.4, 0.5) is 11.8 Å². The summed E-state index contributed by atoms with van der Waals surface area (Å²) < 4.78 is 0.798. The maximum absolute atomic E-state index is 10.7. The van der Waals surface area contributed by atoms with E-state index in [0.717, 1.165) is 17.4 Å². The molecule has 1 aromatic heterocycles. The summed E-state index contributed by atoms with van der Waals surface area (Å²) in [4.78, 5) is 19.2. The van der Waals surface area contributed by atoms with Gasteiger partial charge < -0.3 is 16.0 Å². The van der Waals surface area contributed by atoms with E-state index in [0.29, 0.717) is 24.9 Å². The second-order valence-corrected chi connectivity index (χ2v) is 4.58. The van der Waals surface area contributed by atoms with E-state index in [4.69, 9.17) is 0 Å². The van der Waals surface area contributed by atoms with Gasteiger partial charge in [0.05, 0.1) is 4.47 Å². The summed E-state index contributed by atoms with van der Waals surface area (Å²) >= 11 is 3.38. The molecule has 0 saturated heterocycles. The lowest BCUT2D eigenvalue weighted by Gasteiger charge is -2.09. The predicted molar refractivity (Wildman–Crippen MR) is 75.7 cm³/mol. The Morgan fingerprint density at radius 3 is 2.78 bits per heavy atom. The molecule has 0 bridgehead atoms. The van der Waals surface area contributed by atoms with Crippen molar-refractivity contribution in [2.24, 2.45) is 0 Å². The number of nitrogens with one attached hydrogen (secondary N) is 3. The number of aromatic nitrogens is 2. The van der Waals surface area contributed by atoms with Crippen LogP contribution in [-0.2, 0) is 4.79 Å². The molecule has 3 N–H and O–H groups in total. The van der Waals surface area contributed by atoms with Crippen molar-refractivity contribution < 1.29 is 4.79 Å². The number of halogens is 1. The van der Waals surface area contributed by atoms with Gasteiger partial charge in [-0.1, -0.05) is 6.92 Å². The van der Waals surface area contributed by atoms with Gasteiger partial charge in [-0.25, -0.2) is 4.98 Å². The molecule has 0 aliphatic carbocycles. The fraction of sp³-hybridized carbons (Fsp3) is 0.545. The quantitative estimate of drug-likeness (QED) is 0.666. The van der Waals surface area contributed by atoms with Crippen LogP contribution >= 0.6 is 15.9 Å². The van der Waals surface area contributed by atoms with Crippen molar-refractivity contribution in [3.8, 4) is 0 Å². The van der Waals surface area contributed by atoms with Crippen LogP contribution in [0.15, 0.2) is 10.7 Å². The number of carbonyl (C=O) groups excluding carboxylic acids is 1. The molecule has 100 valence electrons. The number of carbonyl (C=O) groups is 1. The maximum atomic E-state index is 10.7. The van der Waals surface area contributed by atoms with Gasteiger partial charge in [0.2, 0.25) is 11.9 Å². The number of rotatable bonds is 7. The molecule has 1 heterocycles. The highest BCUT2D eigenvalue weighted by atomic mass is 79.9. The first kappa shape index (κ1) is 14.7. The van der Waals surface area contributed by atoms with Gasteiger partial charge in [-0.05, 0) is 22.4 Å². The number of amides is 1. The van der Waals surface area contributed by atoms with E-state index < -0.39 is 0 Å². The van der Waals surface area contributed by atoms with Crippen molar-refractivity contribution in [1.82, 2.24) is 15.3 Å². The Morgan fingerprint density at radius 2 is 2.11 bits per heavy atom. The molecule has 1 amide bonds. The van der Waals surface area contributed by atoms with Crippen LogP contribution in [0.5, 0.6) is 0 Å². The molecular formula is C11H18BrN5O. The molecule has 18 heavy (non-hydrogen) atoms. The Morgan fingerprint density at radius 1 is 1.33 bits per heavy atom. The summed E-state index contributed by atoms with van der Waals surface area (Å²) in [7, 11) is 0. The molecule has 0 spiro atoms. The van der Waals surface area contributed by atoms with Gasteiger partial charge in [0, 0.05) is 32.8 Å². The van der Waals surface area contributed by atoms with Gasteiger partial charge in [-0.3, -0.25) is 4.79 Å². The zero-order valence-corrected chi connectivity index (χ0v) is 12.2. The first-order chi connectivity index (χ1) is 8.63. The van der Waals surface area contributed by atoms with Crippen molar-refractivity contribution in [3.63, 3.8) is 0 Å². The van der Waals surface area contributed by atoms with Crippen molar-refractivity contribution >= 4 is 33.6 Å². The Balaban J connectivity index is 2.49. The number of anilines is 2. The Labute approximate surface area is 115 Å². The minimum absolute atomic E-state index is 0.0381. The molecule has 0 atom stereocenters. The molecule has 0 unspecified atom stereocenters. The first-order valence-corrected chi connectivity index (χ1v) is 6.67. The molecule has 0 aliphatic heterocycles. The Kier molecular flexibility index (Phi) is 6.42. The summed E-state index contributed by atoms with van der Waals surface area (Å²) in [6, 6.07) is 0. The summed E-state index contributed by atoms with van der Waals surface area (Å²) in [5.74, 6) is 1.28. The second kappa shape index (κ2) is 7.86. The van der Waals surface area contributed by atoms with Crippen LogP contribution in [0, 0.1) is 0 Å². The largest absolute Gasteiger partial charge is 0.367 e. The lowest BCUT2D eigenvalue weighted by Crippen LogP contribution is -2.26. The third-order valence-corrected chi connectivity index (χ3v) is 2.65. The fourth-order valence-electron chi connectivity index (χ4n) is 1.23. The zero-order chi connectivity index (χ0) is 13.4. The van der Waals surface area contributed by atoms with E-state index in [1.807, 2.05) is 0 Å². The first-order valence-electron chi connectivity index (χ1n) is 5.88. The lowest BCUT2D eigenvalue weighted by atomic mass is 10.5. The van der Waals surface area contributed by atoms with E-state index in [1.54, 1.807) is 6.20 Å². The monoisotopic (exact) mass is 315 g/mol. The highest BCUT2D eigenvalue weighted by molar-refractivity contribution is 9.10. The van der Waals surface area contributed by atoms with Crippen LogP contribution < -0.4 is 16.0 Å². The molecule has 0 aromatic carbocycles. The lowest BCUT2D eigenvalue weighted by molar-refractivity contribution is -0.118. The molecule has 0 saturated carbocycles. The summed E-state index contributed by atoms with van der Waals surface area (Å²) in [6.07, 6.45) is 2.72. The van der Waals surface area contributed by atoms with Crippen LogP contribution in [0.1, 0.15) is 20.3 Å². The Hall–Kier alpha value is -1.37. The van der Waals surface area contributed by atoms with Crippen LogP contribution in [-0.4, -0.2) is 35.5 Å². The summed E-state index contributed by atoms with van der Waals surface area (Å²) in [5, 5.41) is 8.96. The van der Waals surface area contributed by atoms with Crippen molar-refractivity contribution in [1.29, 1.82) is 0 Å². The number of nitrogens with zero attached hydrogens (tertiary/aromatic N) is 2. The standard InChI is InChI=1S/C11H18BrN5O/c1-3-4-15-11-16-7-9(12)10(17-11)14-6-5-13-8(2)18/h7H,3-6H2,1-2H3,(H,13,18)(H2,14,15,16,17). The number of hydrogen-bond acceptors (Lipinski definition) is 5. The average Bonchev–Trinajstić information content (AvgIpc) is 2.34. The minimum atomic E-state index is -0.0381. The van der Waals surface area contributed by atoms with Gasteiger partial charge >= 0.3 is 0 Å². The molecule has 6 nitrogen and oxygen atoms in total. The van der Waals surface area contributed by atoms with Gasteiger partial charge in [-0.15, -0.1) is 0 Å². The third kappa shape index (κ3) is 5.31.